The second kappa shape index (κ2) is 7.69. The Bertz CT molecular complexity index is 876. The van der Waals surface area contributed by atoms with E-state index in [4.69, 9.17) is 9.79 Å². The topological polar surface area (TPSA) is 66.8 Å². The van der Waals surface area contributed by atoms with E-state index in [1.165, 1.54) is 11.1 Å². The highest BCUT2D eigenvalue weighted by Gasteiger charge is 2.33. The summed E-state index contributed by atoms with van der Waals surface area (Å²) in [5.41, 5.74) is 3.22. The van der Waals surface area contributed by atoms with E-state index in [9.17, 15) is 4.57 Å². The Labute approximate surface area is 159 Å². The smallest absolute Gasteiger partial charge is 0.404 e. The number of hydrogen-bond donors (Lipinski definition) is 2. The molecular weight excluding hydrogens is 359 g/mol. The van der Waals surface area contributed by atoms with Crippen LogP contribution in [0, 0.1) is 0 Å². The SMILES string of the molecule is CC(C)(c1ccc(OP(=O)(O)O)cc1)C(c1ccccc1)c1ccccc1. The van der Waals surface area contributed by atoms with Crippen molar-refractivity contribution in [3.63, 3.8) is 0 Å². The highest BCUT2D eigenvalue weighted by Crippen LogP contribution is 2.44. The van der Waals surface area contributed by atoms with E-state index >= 15 is 0 Å². The summed E-state index contributed by atoms with van der Waals surface area (Å²) in [4.78, 5) is 17.9. The van der Waals surface area contributed by atoms with Gasteiger partial charge in [-0.25, -0.2) is 4.57 Å². The minimum absolute atomic E-state index is 0.119. The second-order valence-electron chi connectivity index (χ2n) is 7.08. The Hall–Kier alpha value is -2.39. The molecule has 0 saturated carbocycles. The monoisotopic (exact) mass is 382 g/mol. The molecule has 140 valence electrons. The van der Waals surface area contributed by atoms with Crippen LogP contribution >= 0.6 is 7.82 Å². The van der Waals surface area contributed by atoms with Crippen LogP contribution in [-0.2, 0) is 9.98 Å². The summed E-state index contributed by atoms with van der Waals surface area (Å²) < 4.78 is 15.7. The zero-order valence-corrected chi connectivity index (χ0v) is 16.2. The van der Waals surface area contributed by atoms with Crippen molar-refractivity contribution >= 4 is 7.82 Å². The third-order valence-electron chi connectivity index (χ3n) is 4.81. The number of rotatable bonds is 6. The van der Waals surface area contributed by atoms with Crippen molar-refractivity contribution in [1.82, 2.24) is 0 Å². The molecule has 0 spiro atoms. The second-order valence-corrected chi connectivity index (χ2v) is 8.25. The van der Waals surface area contributed by atoms with E-state index in [-0.39, 0.29) is 17.1 Å². The molecule has 0 amide bonds. The third kappa shape index (κ3) is 4.67. The van der Waals surface area contributed by atoms with Gasteiger partial charge in [-0.1, -0.05) is 86.6 Å². The zero-order valence-electron chi connectivity index (χ0n) is 15.3. The predicted molar refractivity (Wildman–Crippen MR) is 107 cm³/mol. The first-order valence-corrected chi connectivity index (χ1v) is 10.3. The van der Waals surface area contributed by atoms with Crippen molar-refractivity contribution in [2.45, 2.75) is 25.2 Å². The van der Waals surface area contributed by atoms with Crippen LogP contribution in [0.5, 0.6) is 5.75 Å². The van der Waals surface area contributed by atoms with Crippen LogP contribution < -0.4 is 4.52 Å². The van der Waals surface area contributed by atoms with Gasteiger partial charge in [0.05, 0.1) is 0 Å². The molecule has 3 aromatic rings. The van der Waals surface area contributed by atoms with Crippen LogP contribution in [0.3, 0.4) is 0 Å². The maximum atomic E-state index is 11.0. The van der Waals surface area contributed by atoms with Gasteiger partial charge >= 0.3 is 7.82 Å². The minimum atomic E-state index is -4.56. The maximum absolute atomic E-state index is 11.0. The van der Waals surface area contributed by atoms with Crippen LogP contribution in [0.1, 0.15) is 36.5 Å². The summed E-state index contributed by atoms with van der Waals surface area (Å²) in [6.07, 6.45) is 0. The lowest BCUT2D eigenvalue weighted by molar-refractivity contribution is 0.283. The maximum Gasteiger partial charge on any atom is 0.524 e. The Kier molecular flexibility index (Phi) is 5.52. The first-order valence-electron chi connectivity index (χ1n) is 8.73. The molecule has 3 aromatic carbocycles. The Morgan fingerprint density at radius 1 is 0.778 bits per heavy atom. The van der Waals surface area contributed by atoms with E-state index in [1.54, 1.807) is 12.1 Å². The summed E-state index contributed by atoms with van der Waals surface area (Å²) in [7, 11) is -4.56. The van der Waals surface area contributed by atoms with Crippen LogP contribution in [0.15, 0.2) is 84.9 Å². The van der Waals surface area contributed by atoms with Gasteiger partial charge in [0.15, 0.2) is 0 Å². The lowest BCUT2D eigenvalue weighted by Crippen LogP contribution is -2.28. The summed E-state index contributed by atoms with van der Waals surface area (Å²) >= 11 is 0. The molecule has 27 heavy (non-hydrogen) atoms. The summed E-state index contributed by atoms with van der Waals surface area (Å²) in [5.74, 6) is 0.271. The first kappa shape index (κ1) is 19.4. The van der Waals surface area contributed by atoms with Crippen molar-refractivity contribution in [3.8, 4) is 5.75 Å². The minimum Gasteiger partial charge on any atom is -0.404 e. The molecule has 0 saturated heterocycles. The van der Waals surface area contributed by atoms with Gasteiger partial charge in [0, 0.05) is 11.3 Å². The largest absolute Gasteiger partial charge is 0.524 e. The fourth-order valence-electron chi connectivity index (χ4n) is 3.57. The molecule has 0 aliphatic heterocycles. The van der Waals surface area contributed by atoms with Gasteiger partial charge in [-0.3, -0.25) is 9.79 Å². The van der Waals surface area contributed by atoms with E-state index in [1.807, 2.05) is 48.5 Å². The molecule has 0 aliphatic carbocycles. The predicted octanol–water partition coefficient (Wildman–Crippen LogP) is 5.27. The highest BCUT2D eigenvalue weighted by molar-refractivity contribution is 7.46. The lowest BCUT2D eigenvalue weighted by Gasteiger charge is -2.36. The zero-order chi connectivity index (χ0) is 19.5. The van der Waals surface area contributed by atoms with Gasteiger partial charge in [0.2, 0.25) is 0 Å². The highest BCUT2D eigenvalue weighted by atomic mass is 31.2. The van der Waals surface area contributed by atoms with Gasteiger partial charge in [-0.2, -0.15) is 0 Å². The van der Waals surface area contributed by atoms with E-state index in [2.05, 4.69) is 42.6 Å². The lowest BCUT2D eigenvalue weighted by atomic mass is 9.67. The fraction of sp³-hybridized carbons (Fsp3) is 0.182. The van der Waals surface area contributed by atoms with Gasteiger partial charge in [-0.15, -0.1) is 0 Å². The van der Waals surface area contributed by atoms with Crippen molar-refractivity contribution < 1.29 is 18.9 Å². The molecule has 0 aliphatic rings. The van der Waals surface area contributed by atoms with Crippen molar-refractivity contribution in [1.29, 1.82) is 0 Å². The number of phosphoric acid groups is 1. The average Bonchev–Trinajstić information content (AvgIpc) is 2.62. The van der Waals surface area contributed by atoms with Crippen LogP contribution in [0.2, 0.25) is 0 Å². The number of benzene rings is 3. The van der Waals surface area contributed by atoms with Crippen LogP contribution in [-0.4, -0.2) is 9.79 Å². The molecule has 0 heterocycles. The summed E-state index contributed by atoms with van der Waals surface area (Å²) in [6.45, 7) is 4.35. The molecule has 2 N–H and O–H groups in total. The Morgan fingerprint density at radius 3 is 1.63 bits per heavy atom. The van der Waals surface area contributed by atoms with Gasteiger partial charge in [-0.05, 0) is 28.8 Å². The first-order chi connectivity index (χ1) is 12.8. The van der Waals surface area contributed by atoms with Crippen LogP contribution in [0.4, 0.5) is 0 Å². The quantitative estimate of drug-likeness (QED) is 0.570. The molecule has 0 aromatic heterocycles. The van der Waals surface area contributed by atoms with Crippen LogP contribution in [0.25, 0.3) is 0 Å². The molecule has 4 nitrogen and oxygen atoms in total. The number of phosphoric ester groups is 1. The van der Waals surface area contributed by atoms with Gasteiger partial charge in [0.1, 0.15) is 5.75 Å². The molecule has 0 bridgehead atoms. The Morgan fingerprint density at radius 2 is 1.22 bits per heavy atom. The van der Waals surface area contributed by atoms with Gasteiger partial charge in [0.25, 0.3) is 0 Å². The fourth-order valence-corrected chi connectivity index (χ4v) is 3.96. The van der Waals surface area contributed by atoms with Crippen molar-refractivity contribution in [2.24, 2.45) is 0 Å². The molecule has 0 unspecified atom stereocenters. The third-order valence-corrected chi connectivity index (χ3v) is 5.26. The molecule has 0 atom stereocenters. The molecule has 3 rings (SSSR count). The van der Waals surface area contributed by atoms with Gasteiger partial charge < -0.3 is 4.52 Å². The van der Waals surface area contributed by atoms with E-state index in [0.29, 0.717) is 0 Å². The summed E-state index contributed by atoms with van der Waals surface area (Å²) in [5, 5.41) is 0. The van der Waals surface area contributed by atoms with E-state index < -0.39 is 7.82 Å². The number of hydrogen-bond acceptors (Lipinski definition) is 2. The van der Waals surface area contributed by atoms with E-state index in [0.717, 1.165) is 5.56 Å². The standard InChI is InChI=1S/C22H23O4P/c1-22(2,19-13-15-20(16-14-19)26-27(23,24)25)21(17-9-5-3-6-10-17)18-11-7-4-8-12-18/h3-16,21H,1-2H3,(H2,23,24,25). The van der Waals surface area contributed by atoms with Crippen molar-refractivity contribution in [3.05, 3.63) is 102 Å². The normalized spacial score (nSPS) is 12.2. The molecule has 5 heteroatoms. The Balaban J connectivity index is 2.02. The molecule has 0 fully saturated rings. The molecule has 0 radical (unpaired) electrons. The average molecular weight is 382 g/mol. The summed E-state index contributed by atoms with van der Waals surface area (Å²) in [6, 6.07) is 27.6. The molecular formula is C22H23O4P. The van der Waals surface area contributed by atoms with Crippen molar-refractivity contribution in [2.75, 3.05) is 0 Å².